The molecule has 0 unspecified atom stereocenters. The van der Waals surface area contributed by atoms with Crippen LogP contribution >= 0.6 is 0 Å². The molecule has 2 aromatic rings. The number of anilines is 1. The van der Waals surface area contributed by atoms with Crippen LogP contribution in [0.25, 0.3) is 0 Å². The molecule has 0 bridgehead atoms. The summed E-state index contributed by atoms with van der Waals surface area (Å²) in [4.78, 5) is 16.7. The molecule has 6 nitrogen and oxygen atoms in total. The fourth-order valence-corrected chi connectivity index (χ4v) is 4.44. The largest absolute Gasteiger partial charge is 0.325 e. The second-order valence-electron chi connectivity index (χ2n) is 6.17. The number of nitrogens with zero attached hydrogens (tertiary/aromatic N) is 2. The molecule has 132 valence electrons. The summed E-state index contributed by atoms with van der Waals surface area (Å²) in [5.74, 6) is -0.249. The highest BCUT2D eigenvalue weighted by Crippen LogP contribution is 2.25. The van der Waals surface area contributed by atoms with Gasteiger partial charge in [0.25, 0.3) is 0 Å². The number of aromatic nitrogens is 1. The molecule has 0 spiro atoms. The standard InChI is InChI=1S/C18H21N3O3S/c1-14-13-19-10-7-17(14)20-18(22)15-8-11-21(12-9-15)25(23,24)16-5-3-2-4-6-16/h2-7,10,13,15H,8-9,11-12H2,1H3,(H,19,20,22). The van der Waals surface area contributed by atoms with E-state index in [-0.39, 0.29) is 11.8 Å². The lowest BCUT2D eigenvalue weighted by Crippen LogP contribution is -2.41. The quantitative estimate of drug-likeness (QED) is 0.909. The molecule has 0 atom stereocenters. The number of hydrogen-bond donors (Lipinski definition) is 1. The third-order valence-electron chi connectivity index (χ3n) is 4.48. The molecule has 1 saturated heterocycles. The predicted octanol–water partition coefficient (Wildman–Crippen LogP) is 2.43. The summed E-state index contributed by atoms with van der Waals surface area (Å²) in [6, 6.07) is 10.2. The van der Waals surface area contributed by atoms with E-state index < -0.39 is 10.0 Å². The van der Waals surface area contributed by atoms with Crippen molar-refractivity contribution in [2.45, 2.75) is 24.7 Å². The van der Waals surface area contributed by atoms with Crippen LogP contribution in [0.5, 0.6) is 0 Å². The van der Waals surface area contributed by atoms with Crippen LogP contribution in [0, 0.1) is 12.8 Å². The second kappa shape index (κ2) is 7.33. The first kappa shape index (κ1) is 17.6. The molecule has 0 radical (unpaired) electrons. The van der Waals surface area contributed by atoms with Gasteiger partial charge in [0.2, 0.25) is 15.9 Å². The topological polar surface area (TPSA) is 79.4 Å². The van der Waals surface area contributed by atoms with Gasteiger partial charge in [-0.25, -0.2) is 8.42 Å². The van der Waals surface area contributed by atoms with Gasteiger partial charge in [-0.3, -0.25) is 9.78 Å². The molecular formula is C18H21N3O3S. The molecule has 3 rings (SSSR count). The Balaban J connectivity index is 1.62. The van der Waals surface area contributed by atoms with E-state index in [4.69, 9.17) is 0 Å². The van der Waals surface area contributed by atoms with E-state index in [1.54, 1.807) is 48.8 Å². The summed E-state index contributed by atoms with van der Waals surface area (Å²) in [6.07, 6.45) is 4.37. The zero-order valence-electron chi connectivity index (χ0n) is 14.1. The van der Waals surface area contributed by atoms with Crippen molar-refractivity contribution in [3.63, 3.8) is 0 Å². The number of benzene rings is 1. The molecule has 0 aliphatic carbocycles. The van der Waals surface area contributed by atoms with Crippen LogP contribution in [0.2, 0.25) is 0 Å². The maximum atomic E-state index is 12.6. The smallest absolute Gasteiger partial charge is 0.243 e. The van der Waals surface area contributed by atoms with Crippen molar-refractivity contribution in [2.75, 3.05) is 18.4 Å². The lowest BCUT2D eigenvalue weighted by Gasteiger charge is -2.30. The zero-order valence-corrected chi connectivity index (χ0v) is 14.9. The van der Waals surface area contributed by atoms with Gasteiger partial charge in [-0.2, -0.15) is 4.31 Å². The highest BCUT2D eigenvalue weighted by molar-refractivity contribution is 7.89. The molecule has 1 aromatic carbocycles. The second-order valence-corrected chi connectivity index (χ2v) is 8.11. The Hall–Kier alpha value is -2.25. The summed E-state index contributed by atoms with van der Waals surface area (Å²) in [6.45, 7) is 2.59. The summed E-state index contributed by atoms with van der Waals surface area (Å²) < 4.78 is 26.7. The number of aryl methyl sites for hydroxylation is 1. The van der Waals surface area contributed by atoms with Crippen LogP contribution in [0.3, 0.4) is 0 Å². The van der Waals surface area contributed by atoms with Gasteiger partial charge in [-0.15, -0.1) is 0 Å². The molecule has 0 saturated carbocycles. The van der Waals surface area contributed by atoms with Gasteiger partial charge in [-0.1, -0.05) is 18.2 Å². The maximum absolute atomic E-state index is 12.6. The average molecular weight is 359 g/mol. The van der Waals surface area contributed by atoms with Crippen LogP contribution in [0.15, 0.2) is 53.7 Å². The zero-order chi connectivity index (χ0) is 17.9. The molecule has 1 aliphatic heterocycles. The molecule has 1 aromatic heterocycles. The van der Waals surface area contributed by atoms with Crippen molar-refractivity contribution >= 4 is 21.6 Å². The number of rotatable bonds is 4. The molecule has 1 N–H and O–H groups in total. The molecule has 1 amide bonds. The van der Waals surface area contributed by atoms with E-state index in [0.717, 1.165) is 11.3 Å². The molecule has 7 heteroatoms. The first-order valence-corrected chi connectivity index (χ1v) is 9.69. The van der Waals surface area contributed by atoms with E-state index in [9.17, 15) is 13.2 Å². The van der Waals surface area contributed by atoms with Gasteiger partial charge >= 0.3 is 0 Å². The Labute approximate surface area is 147 Å². The van der Waals surface area contributed by atoms with Crippen molar-refractivity contribution in [3.8, 4) is 0 Å². The minimum Gasteiger partial charge on any atom is -0.325 e. The number of hydrogen-bond acceptors (Lipinski definition) is 4. The first-order valence-electron chi connectivity index (χ1n) is 8.25. The average Bonchev–Trinajstić information content (AvgIpc) is 2.64. The minimum absolute atomic E-state index is 0.0638. The van der Waals surface area contributed by atoms with E-state index in [0.29, 0.717) is 30.8 Å². The summed E-state index contributed by atoms with van der Waals surface area (Å²) in [5, 5.41) is 2.92. The molecule has 1 aliphatic rings. The van der Waals surface area contributed by atoms with Crippen molar-refractivity contribution < 1.29 is 13.2 Å². The van der Waals surface area contributed by atoms with Gasteiger partial charge < -0.3 is 5.32 Å². The normalized spacial score (nSPS) is 16.5. The van der Waals surface area contributed by atoms with Gasteiger partial charge in [0.15, 0.2) is 0 Å². The van der Waals surface area contributed by atoms with Gasteiger partial charge in [0, 0.05) is 37.1 Å². The first-order chi connectivity index (χ1) is 12.0. The summed E-state index contributed by atoms with van der Waals surface area (Å²) in [5.41, 5.74) is 1.65. The Bertz CT molecular complexity index is 845. The fourth-order valence-electron chi connectivity index (χ4n) is 2.95. The third kappa shape index (κ3) is 3.88. The highest BCUT2D eigenvalue weighted by atomic mass is 32.2. The summed E-state index contributed by atoms with van der Waals surface area (Å²) in [7, 11) is -3.48. The number of sulfonamides is 1. The van der Waals surface area contributed by atoms with Crippen LogP contribution in [-0.2, 0) is 14.8 Å². The van der Waals surface area contributed by atoms with Crippen molar-refractivity contribution in [2.24, 2.45) is 5.92 Å². The SMILES string of the molecule is Cc1cnccc1NC(=O)C1CCN(S(=O)(=O)c2ccccc2)CC1. The molecular weight excluding hydrogens is 338 g/mol. The lowest BCUT2D eigenvalue weighted by molar-refractivity contribution is -0.120. The molecule has 25 heavy (non-hydrogen) atoms. The van der Waals surface area contributed by atoms with E-state index in [2.05, 4.69) is 10.3 Å². The highest BCUT2D eigenvalue weighted by Gasteiger charge is 2.32. The molecule has 1 fully saturated rings. The van der Waals surface area contributed by atoms with E-state index >= 15 is 0 Å². The lowest BCUT2D eigenvalue weighted by atomic mass is 9.97. The van der Waals surface area contributed by atoms with Crippen molar-refractivity contribution in [1.82, 2.24) is 9.29 Å². The van der Waals surface area contributed by atoms with E-state index in [1.165, 1.54) is 4.31 Å². The van der Waals surface area contributed by atoms with Crippen LogP contribution in [0.1, 0.15) is 18.4 Å². The summed E-state index contributed by atoms with van der Waals surface area (Å²) >= 11 is 0. The van der Waals surface area contributed by atoms with Gasteiger partial charge in [0.05, 0.1) is 4.90 Å². The number of nitrogens with one attached hydrogen (secondary N) is 1. The van der Waals surface area contributed by atoms with Gasteiger partial charge in [0.1, 0.15) is 0 Å². The monoisotopic (exact) mass is 359 g/mol. The van der Waals surface area contributed by atoms with Crippen LogP contribution < -0.4 is 5.32 Å². The fraction of sp³-hybridized carbons (Fsp3) is 0.333. The number of pyridine rings is 1. The van der Waals surface area contributed by atoms with Crippen molar-refractivity contribution in [3.05, 3.63) is 54.4 Å². The Kier molecular flexibility index (Phi) is 5.15. The Morgan fingerprint density at radius 1 is 1.16 bits per heavy atom. The number of piperidine rings is 1. The molecule has 2 heterocycles. The van der Waals surface area contributed by atoms with Crippen molar-refractivity contribution in [1.29, 1.82) is 0 Å². The Morgan fingerprint density at radius 3 is 2.48 bits per heavy atom. The van der Waals surface area contributed by atoms with Crippen LogP contribution in [0.4, 0.5) is 5.69 Å². The minimum atomic E-state index is -3.48. The van der Waals surface area contributed by atoms with Gasteiger partial charge in [-0.05, 0) is 43.5 Å². The number of amides is 1. The van der Waals surface area contributed by atoms with E-state index in [1.807, 2.05) is 6.92 Å². The number of carbonyl (C=O) groups is 1. The number of carbonyl (C=O) groups excluding carboxylic acids is 1. The third-order valence-corrected chi connectivity index (χ3v) is 6.40. The van der Waals surface area contributed by atoms with Crippen LogP contribution in [-0.4, -0.2) is 36.7 Å². The predicted molar refractivity (Wildman–Crippen MR) is 95.5 cm³/mol. The Morgan fingerprint density at radius 2 is 1.84 bits per heavy atom. The maximum Gasteiger partial charge on any atom is 0.243 e.